The minimum absolute atomic E-state index is 0.0396. The number of rotatable bonds is 6. The molecule has 1 N–H and O–H groups in total. The molecule has 2 rings (SSSR count). The zero-order valence-corrected chi connectivity index (χ0v) is 12.2. The van der Waals surface area contributed by atoms with E-state index in [1.807, 2.05) is 5.38 Å². The average molecular weight is 315 g/mol. The van der Waals surface area contributed by atoms with Crippen molar-refractivity contribution in [1.82, 2.24) is 4.98 Å². The highest BCUT2D eigenvalue weighted by Gasteiger charge is 2.29. The molecule has 0 aliphatic rings. The summed E-state index contributed by atoms with van der Waals surface area (Å²) in [7, 11) is 0. The van der Waals surface area contributed by atoms with Crippen LogP contribution in [0.3, 0.4) is 0 Å². The Morgan fingerprint density at radius 3 is 2.29 bits per heavy atom. The number of hydrogen-bond acceptors (Lipinski definition) is 3. The van der Waals surface area contributed by atoms with E-state index < -0.39 is 11.7 Å². The topological polar surface area (TPSA) is 33.1 Å². The Balaban J connectivity index is 1.76. The summed E-state index contributed by atoms with van der Waals surface area (Å²) >= 11 is 1.53. The van der Waals surface area contributed by atoms with Gasteiger partial charge >= 0.3 is 6.18 Å². The molecule has 1 aromatic carbocycles. The van der Waals surface area contributed by atoms with Crippen molar-refractivity contribution in [2.24, 2.45) is 0 Å². The Morgan fingerprint density at radius 2 is 1.71 bits per heavy atom. The summed E-state index contributed by atoms with van der Waals surface area (Å²) in [6.45, 7) is -0.0396. The van der Waals surface area contributed by atoms with Gasteiger partial charge in [-0.2, -0.15) is 13.2 Å². The molecule has 0 aliphatic carbocycles. The lowest BCUT2D eigenvalue weighted by atomic mass is 10.1. The van der Waals surface area contributed by atoms with Gasteiger partial charge in [0.2, 0.25) is 0 Å². The van der Waals surface area contributed by atoms with Crippen molar-refractivity contribution in [2.75, 3.05) is 0 Å². The summed E-state index contributed by atoms with van der Waals surface area (Å²) in [5.41, 5.74) is 1.00. The predicted octanol–water partition coefficient (Wildman–Crippen LogP) is 4.22. The van der Waals surface area contributed by atoms with Gasteiger partial charge in [0.1, 0.15) is 0 Å². The Morgan fingerprint density at radius 1 is 1.05 bits per heavy atom. The summed E-state index contributed by atoms with van der Waals surface area (Å²) in [4.78, 5) is 4.26. The van der Waals surface area contributed by atoms with Crippen molar-refractivity contribution in [3.63, 3.8) is 0 Å². The van der Waals surface area contributed by atoms with Crippen LogP contribution >= 0.6 is 11.3 Å². The first-order valence-corrected chi connectivity index (χ1v) is 7.57. The Labute approximate surface area is 125 Å². The van der Waals surface area contributed by atoms with E-state index in [0.29, 0.717) is 5.69 Å². The van der Waals surface area contributed by atoms with Crippen molar-refractivity contribution in [3.8, 4) is 0 Å². The quantitative estimate of drug-likeness (QED) is 0.810. The predicted molar refractivity (Wildman–Crippen MR) is 76.1 cm³/mol. The SMILES string of the molecule is OCc1csc(CCCCc2ccc(C(F)(F)F)cc2)n1. The molecule has 0 bridgehead atoms. The van der Waals surface area contributed by atoms with Gasteiger partial charge in [0.25, 0.3) is 0 Å². The number of nitrogens with zero attached hydrogens (tertiary/aromatic N) is 1. The van der Waals surface area contributed by atoms with E-state index in [1.165, 1.54) is 23.5 Å². The molecule has 1 aromatic heterocycles. The van der Waals surface area contributed by atoms with Gasteiger partial charge in [-0.25, -0.2) is 4.98 Å². The molecule has 0 fully saturated rings. The van der Waals surface area contributed by atoms with E-state index in [2.05, 4.69) is 4.98 Å². The molecule has 6 heteroatoms. The van der Waals surface area contributed by atoms with Crippen LogP contribution in [-0.4, -0.2) is 10.1 Å². The van der Waals surface area contributed by atoms with Crippen LogP contribution in [0, 0.1) is 0 Å². The van der Waals surface area contributed by atoms with Crippen LogP contribution in [0.25, 0.3) is 0 Å². The van der Waals surface area contributed by atoms with E-state index in [-0.39, 0.29) is 6.61 Å². The highest BCUT2D eigenvalue weighted by molar-refractivity contribution is 7.09. The van der Waals surface area contributed by atoms with E-state index in [1.54, 1.807) is 0 Å². The fourth-order valence-corrected chi connectivity index (χ4v) is 2.83. The molecule has 0 radical (unpaired) electrons. The number of aliphatic hydroxyl groups is 1. The molecule has 0 aliphatic heterocycles. The third-order valence-electron chi connectivity index (χ3n) is 3.15. The van der Waals surface area contributed by atoms with Crippen LogP contribution in [0.1, 0.15) is 34.7 Å². The van der Waals surface area contributed by atoms with Gasteiger partial charge in [-0.1, -0.05) is 12.1 Å². The molecule has 0 amide bonds. The summed E-state index contributed by atoms with van der Waals surface area (Å²) in [5.74, 6) is 0. The Hall–Kier alpha value is -1.40. The molecule has 2 nitrogen and oxygen atoms in total. The number of aryl methyl sites for hydroxylation is 2. The van der Waals surface area contributed by atoms with Crippen LogP contribution < -0.4 is 0 Å². The molecule has 2 aromatic rings. The molecule has 1 heterocycles. The lowest BCUT2D eigenvalue weighted by Gasteiger charge is -2.07. The maximum absolute atomic E-state index is 12.4. The normalized spacial score (nSPS) is 11.8. The molecular weight excluding hydrogens is 299 g/mol. The summed E-state index contributed by atoms with van der Waals surface area (Å²) in [6, 6.07) is 5.33. The van der Waals surface area contributed by atoms with Crippen molar-refractivity contribution in [3.05, 3.63) is 51.5 Å². The fourth-order valence-electron chi connectivity index (χ4n) is 2.00. The zero-order valence-electron chi connectivity index (χ0n) is 11.4. The van der Waals surface area contributed by atoms with Crippen molar-refractivity contribution >= 4 is 11.3 Å². The number of aliphatic hydroxyl groups excluding tert-OH is 1. The minimum Gasteiger partial charge on any atom is -0.390 e. The van der Waals surface area contributed by atoms with Gasteiger partial charge < -0.3 is 5.11 Å². The van der Waals surface area contributed by atoms with Crippen molar-refractivity contribution in [1.29, 1.82) is 0 Å². The van der Waals surface area contributed by atoms with E-state index in [0.717, 1.165) is 48.4 Å². The molecule has 21 heavy (non-hydrogen) atoms. The summed E-state index contributed by atoms with van der Waals surface area (Å²) < 4.78 is 37.3. The van der Waals surface area contributed by atoms with Crippen LogP contribution in [0.5, 0.6) is 0 Å². The van der Waals surface area contributed by atoms with Crippen molar-refractivity contribution in [2.45, 2.75) is 38.5 Å². The number of benzene rings is 1. The monoisotopic (exact) mass is 315 g/mol. The van der Waals surface area contributed by atoms with Gasteiger partial charge in [0, 0.05) is 5.38 Å². The van der Waals surface area contributed by atoms with Crippen LogP contribution in [0.2, 0.25) is 0 Å². The van der Waals surface area contributed by atoms with E-state index in [4.69, 9.17) is 5.11 Å². The lowest BCUT2D eigenvalue weighted by Crippen LogP contribution is -2.04. The standard InChI is InChI=1S/C15H16F3NOS/c16-15(17,18)12-7-5-11(6-8-12)3-1-2-4-14-19-13(9-20)10-21-14/h5-8,10,20H,1-4,9H2. The van der Waals surface area contributed by atoms with Gasteiger partial charge in [-0.15, -0.1) is 11.3 Å². The number of halogens is 3. The Bertz CT molecular complexity index is 563. The summed E-state index contributed by atoms with van der Waals surface area (Å²) in [5, 5.41) is 11.7. The first-order valence-electron chi connectivity index (χ1n) is 6.69. The highest BCUT2D eigenvalue weighted by atomic mass is 32.1. The second-order valence-electron chi connectivity index (χ2n) is 4.79. The van der Waals surface area contributed by atoms with Gasteiger partial charge in [0.05, 0.1) is 22.9 Å². The van der Waals surface area contributed by atoms with E-state index >= 15 is 0 Å². The number of aromatic nitrogens is 1. The molecule has 114 valence electrons. The maximum atomic E-state index is 12.4. The van der Waals surface area contributed by atoms with Crippen molar-refractivity contribution < 1.29 is 18.3 Å². The molecular formula is C15H16F3NOS. The van der Waals surface area contributed by atoms with E-state index in [9.17, 15) is 13.2 Å². The summed E-state index contributed by atoms with van der Waals surface area (Å²) in [6.07, 6.45) is -0.839. The largest absolute Gasteiger partial charge is 0.416 e. The minimum atomic E-state index is -4.27. The zero-order chi connectivity index (χ0) is 15.3. The van der Waals surface area contributed by atoms with Gasteiger partial charge in [-0.3, -0.25) is 0 Å². The molecule has 0 unspecified atom stereocenters. The van der Waals surface area contributed by atoms with Crippen LogP contribution in [0.15, 0.2) is 29.6 Å². The average Bonchev–Trinajstić information content (AvgIpc) is 2.91. The Kier molecular flexibility index (Phi) is 5.36. The first kappa shape index (κ1) is 16.0. The fraction of sp³-hybridized carbons (Fsp3) is 0.400. The number of alkyl halides is 3. The van der Waals surface area contributed by atoms with Gasteiger partial charge in [-0.05, 0) is 43.4 Å². The lowest BCUT2D eigenvalue weighted by molar-refractivity contribution is -0.137. The first-order chi connectivity index (χ1) is 9.99. The smallest absolute Gasteiger partial charge is 0.390 e. The van der Waals surface area contributed by atoms with Gasteiger partial charge in [0.15, 0.2) is 0 Å². The highest BCUT2D eigenvalue weighted by Crippen LogP contribution is 2.29. The molecule has 0 spiro atoms. The third-order valence-corrected chi connectivity index (χ3v) is 4.11. The number of hydrogen-bond donors (Lipinski definition) is 1. The van der Waals surface area contributed by atoms with Crippen LogP contribution in [-0.2, 0) is 25.6 Å². The second kappa shape index (κ2) is 7.04. The third kappa shape index (κ3) is 4.82. The molecule has 0 saturated carbocycles. The number of thiazole rings is 1. The molecule has 0 saturated heterocycles. The molecule has 0 atom stereocenters. The number of unbranched alkanes of at least 4 members (excludes halogenated alkanes) is 1. The second-order valence-corrected chi connectivity index (χ2v) is 5.74. The maximum Gasteiger partial charge on any atom is 0.416 e. The van der Waals surface area contributed by atoms with Crippen LogP contribution in [0.4, 0.5) is 13.2 Å².